The summed E-state index contributed by atoms with van der Waals surface area (Å²) in [5, 5.41) is 31.2. The number of ketones is 1. The van der Waals surface area contributed by atoms with E-state index in [0.29, 0.717) is 0 Å². The third kappa shape index (κ3) is 5.17. The summed E-state index contributed by atoms with van der Waals surface area (Å²) in [6.07, 6.45) is 0.824. The summed E-state index contributed by atoms with van der Waals surface area (Å²) >= 11 is 0. The summed E-state index contributed by atoms with van der Waals surface area (Å²) in [6, 6.07) is 6.38. The number of phenolic OH excluding ortho intramolecular Hbond substituents is 1. The highest BCUT2D eigenvalue weighted by molar-refractivity contribution is 7.49. The van der Waals surface area contributed by atoms with E-state index in [1.807, 2.05) is 12.0 Å². The van der Waals surface area contributed by atoms with E-state index in [9.17, 15) is 24.7 Å². The van der Waals surface area contributed by atoms with E-state index in [0.717, 1.165) is 17.7 Å². The van der Waals surface area contributed by atoms with Gasteiger partial charge in [0.1, 0.15) is 11.5 Å². The standard InChI is InChI=1S/C16H20NO7P/c1-9(10-2-4-11(18)5-3-10)6-14(20)16-13(17-25(22,23)24)7-12(19)8-15(16)21/h2-5,7-9,14,16,18-20H,6H2,1H3,(H3,17,22,23,24). The van der Waals surface area contributed by atoms with Crippen molar-refractivity contribution in [3.63, 3.8) is 0 Å². The molecule has 136 valence electrons. The lowest BCUT2D eigenvalue weighted by Gasteiger charge is -2.28. The molecule has 3 unspecified atom stereocenters. The SMILES string of the molecule is CC(CC(O)C1C(=O)C=C(O)C=C1NP(=O)(O)O)c1ccc(O)cc1. The molecule has 25 heavy (non-hydrogen) atoms. The first-order valence-corrected chi connectivity index (χ1v) is 9.15. The number of benzene rings is 1. The maximum absolute atomic E-state index is 12.1. The molecule has 1 aliphatic rings. The van der Waals surface area contributed by atoms with Crippen molar-refractivity contribution in [1.82, 2.24) is 5.09 Å². The van der Waals surface area contributed by atoms with Crippen LogP contribution in [0.5, 0.6) is 5.75 Å². The zero-order valence-electron chi connectivity index (χ0n) is 13.4. The molecule has 2 rings (SSSR count). The van der Waals surface area contributed by atoms with Gasteiger partial charge in [0.05, 0.1) is 12.0 Å². The molecule has 1 aromatic rings. The number of carbonyl (C=O) groups is 1. The van der Waals surface area contributed by atoms with E-state index in [4.69, 9.17) is 9.79 Å². The fourth-order valence-corrected chi connectivity index (χ4v) is 3.32. The fourth-order valence-electron chi connectivity index (χ4n) is 2.78. The van der Waals surface area contributed by atoms with Crippen molar-refractivity contribution in [3.8, 4) is 5.75 Å². The molecule has 0 bridgehead atoms. The van der Waals surface area contributed by atoms with Gasteiger partial charge in [-0.05, 0) is 30.0 Å². The van der Waals surface area contributed by atoms with Gasteiger partial charge >= 0.3 is 7.75 Å². The van der Waals surface area contributed by atoms with E-state index >= 15 is 0 Å². The predicted molar refractivity (Wildman–Crippen MR) is 89.6 cm³/mol. The highest BCUT2D eigenvalue weighted by Crippen LogP contribution is 2.36. The number of phenols is 1. The van der Waals surface area contributed by atoms with Gasteiger partial charge in [-0.25, -0.2) is 4.57 Å². The van der Waals surface area contributed by atoms with Crippen LogP contribution in [-0.4, -0.2) is 37.0 Å². The largest absolute Gasteiger partial charge is 0.508 e. The van der Waals surface area contributed by atoms with Crippen molar-refractivity contribution in [1.29, 1.82) is 0 Å². The van der Waals surface area contributed by atoms with Gasteiger partial charge in [-0.1, -0.05) is 19.1 Å². The van der Waals surface area contributed by atoms with E-state index < -0.39 is 31.3 Å². The monoisotopic (exact) mass is 369 g/mol. The first kappa shape index (κ1) is 19.2. The topological polar surface area (TPSA) is 147 Å². The van der Waals surface area contributed by atoms with Crippen molar-refractivity contribution >= 4 is 13.5 Å². The van der Waals surface area contributed by atoms with Crippen LogP contribution in [0.15, 0.2) is 47.9 Å². The molecule has 0 heterocycles. The maximum atomic E-state index is 12.1. The Bertz CT molecular complexity index is 750. The van der Waals surface area contributed by atoms with E-state index in [1.165, 1.54) is 12.1 Å². The number of hydrogen-bond acceptors (Lipinski definition) is 5. The zero-order valence-corrected chi connectivity index (χ0v) is 14.3. The Labute approximate surface area is 144 Å². The van der Waals surface area contributed by atoms with Crippen molar-refractivity contribution in [2.45, 2.75) is 25.4 Å². The Morgan fingerprint density at radius 2 is 1.76 bits per heavy atom. The van der Waals surface area contributed by atoms with Gasteiger partial charge in [0.2, 0.25) is 0 Å². The predicted octanol–water partition coefficient (Wildman–Crippen LogP) is 1.45. The molecule has 3 atom stereocenters. The van der Waals surface area contributed by atoms with Crippen molar-refractivity contribution < 1.29 is 34.5 Å². The molecule has 0 amide bonds. The van der Waals surface area contributed by atoms with Crippen LogP contribution in [0.25, 0.3) is 0 Å². The van der Waals surface area contributed by atoms with Gasteiger partial charge < -0.3 is 25.1 Å². The second-order valence-electron chi connectivity index (χ2n) is 6.00. The van der Waals surface area contributed by atoms with Crippen molar-refractivity contribution in [2.75, 3.05) is 0 Å². The minimum absolute atomic E-state index is 0.107. The Morgan fingerprint density at radius 3 is 2.32 bits per heavy atom. The Morgan fingerprint density at radius 1 is 1.16 bits per heavy atom. The molecule has 0 radical (unpaired) electrons. The van der Waals surface area contributed by atoms with E-state index in [2.05, 4.69) is 0 Å². The van der Waals surface area contributed by atoms with Gasteiger partial charge in [-0.3, -0.25) is 9.88 Å². The lowest BCUT2D eigenvalue weighted by Crippen LogP contribution is -2.36. The summed E-state index contributed by atoms with van der Waals surface area (Å²) in [5.74, 6) is -2.39. The Kier molecular flexibility index (Phi) is 5.69. The summed E-state index contributed by atoms with van der Waals surface area (Å²) in [7, 11) is -4.71. The fraction of sp³-hybridized carbons (Fsp3) is 0.312. The number of aliphatic hydroxyl groups is 2. The summed E-state index contributed by atoms with van der Waals surface area (Å²) in [5.41, 5.74) is 0.593. The number of allylic oxidation sites excluding steroid dienone is 2. The van der Waals surface area contributed by atoms with E-state index in [-0.39, 0.29) is 23.8 Å². The second kappa shape index (κ2) is 7.41. The number of nitrogens with one attached hydrogen (secondary N) is 1. The van der Waals surface area contributed by atoms with Crippen LogP contribution >= 0.6 is 7.75 Å². The van der Waals surface area contributed by atoms with Gasteiger partial charge in [0.15, 0.2) is 5.78 Å². The zero-order chi connectivity index (χ0) is 18.8. The van der Waals surface area contributed by atoms with Gasteiger partial charge in [-0.2, -0.15) is 0 Å². The third-order valence-corrected chi connectivity index (χ3v) is 4.50. The van der Waals surface area contributed by atoms with Crippen LogP contribution in [0.2, 0.25) is 0 Å². The molecule has 8 nitrogen and oxygen atoms in total. The van der Waals surface area contributed by atoms with Crippen LogP contribution in [0.1, 0.15) is 24.8 Å². The quantitative estimate of drug-likeness (QED) is 0.413. The molecule has 0 fully saturated rings. The van der Waals surface area contributed by atoms with Gasteiger partial charge in [0.25, 0.3) is 0 Å². The summed E-state index contributed by atoms with van der Waals surface area (Å²) in [4.78, 5) is 30.3. The van der Waals surface area contributed by atoms with Crippen LogP contribution < -0.4 is 5.09 Å². The molecule has 0 spiro atoms. The minimum Gasteiger partial charge on any atom is -0.508 e. The van der Waals surface area contributed by atoms with Crippen molar-refractivity contribution in [3.05, 3.63) is 53.4 Å². The number of hydrogen-bond donors (Lipinski definition) is 6. The molecule has 1 aliphatic carbocycles. The summed E-state index contributed by atoms with van der Waals surface area (Å²) < 4.78 is 11.2. The average molecular weight is 369 g/mol. The number of aromatic hydroxyl groups is 1. The molecule has 1 aromatic carbocycles. The molecule has 6 N–H and O–H groups in total. The molecule has 0 aliphatic heterocycles. The van der Waals surface area contributed by atoms with Crippen molar-refractivity contribution in [2.24, 2.45) is 5.92 Å². The summed E-state index contributed by atoms with van der Waals surface area (Å²) in [6.45, 7) is 1.82. The lowest BCUT2D eigenvalue weighted by molar-refractivity contribution is -0.120. The highest BCUT2D eigenvalue weighted by Gasteiger charge is 2.35. The highest BCUT2D eigenvalue weighted by atomic mass is 31.2. The normalized spacial score (nSPS) is 20.5. The Hall–Kier alpha value is -2.12. The molecular formula is C16H20NO7P. The molecule has 0 saturated heterocycles. The van der Waals surface area contributed by atoms with Crippen LogP contribution in [0, 0.1) is 5.92 Å². The first-order chi connectivity index (χ1) is 11.6. The maximum Gasteiger partial charge on any atom is 0.427 e. The molecule has 0 aromatic heterocycles. The second-order valence-corrected chi connectivity index (χ2v) is 7.31. The van der Waals surface area contributed by atoms with E-state index in [1.54, 1.807) is 12.1 Å². The average Bonchev–Trinajstić information content (AvgIpc) is 2.45. The number of carbonyl (C=O) groups excluding carboxylic acids is 1. The molecule has 9 heteroatoms. The lowest BCUT2D eigenvalue weighted by atomic mass is 9.84. The number of rotatable bonds is 6. The van der Waals surface area contributed by atoms with Gasteiger partial charge in [0, 0.05) is 17.8 Å². The van der Waals surface area contributed by atoms with Crippen LogP contribution in [0.3, 0.4) is 0 Å². The van der Waals surface area contributed by atoms with Crippen LogP contribution in [0.4, 0.5) is 0 Å². The molecule has 0 saturated carbocycles. The van der Waals surface area contributed by atoms with Gasteiger partial charge in [-0.15, -0.1) is 0 Å². The smallest absolute Gasteiger partial charge is 0.427 e. The minimum atomic E-state index is -4.71. The van der Waals surface area contributed by atoms with Crippen LogP contribution in [-0.2, 0) is 9.36 Å². The Balaban J connectivity index is 2.18. The number of aliphatic hydroxyl groups excluding tert-OH is 2. The first-order valence-electron chi connectivity index (χ1n) is 7.53. The molecular weight excluding hydrogens is 349 g/mol. The third-order valence-electron chi connectivity index (χ3n) is 3.95.